The zero-order chi connectivity index (χ0) is 13.5. The summed E-state index contributed by atoms with van der Waals surface area (Å²) in [5.41, 5.74) is 1.25. The molecule has 3 heteroatoms. The van der Waals surface area contributed by atoms with E-state index in [-0.39, 0.29) is 12.0 Å². The van der Waals surface area contributed by atoms with Crippen LogP contribution in [0.25, 0.3) is 0 Å². The Kier molecular flexibility index (Phi) is 6.30. The molecule has 0 saturated heterocycles. The first-order valence-corrected chi connectivity index (χ1v) is 6.44. The van der Waals surface area contributed by atoms with E-state index >= 15 is 0 Å². The summed E-state index contributed by atoms with van der Waals surface area (Å²) < 4.78 is 18.9. The molecule has 0 aliphatic heterocycles. The Bertz CT molecular complexity index is 329. The number of hydrogen-bond donors (Lipinski definition) is 0. The van der Waals surface area contributed by atoms with Gasteiger partial charge in [0.1, 0.15) is 6.17 Å². The molecule has 1 aromatic rings. The second-order valence-corrected chi connectivity index (χ2v) is 4.96. The molecule has 18 heavy (non-hydrogen) atoms. The molecule has 0 heterocycles. The largest absolute Gasteiger partial charge is 0.381 e. The van der Waals surface area contributed by atoms with Crippen molar-refractivity contribution in [2.75, 3.05) is 20.7 Å². The highest BCUT2D eigenvalue weighted by atomic mass is 19.1. The predicted octanol–water partition coefficient (Wildman–Crippen LogP) is 3.13. The Hall–Kier alpha value is -0.930. The molecule has 3 unspecified atom stereocenters. The normalized spacial score (nSPS) is 16.6. The Labute approximate surface area is 110 Å². The van der Waals surface area contributed by atoms with E-state index in [9.17, 15) is 4.39 Å². The molecule has 0 fully saturated rings. The summed E-state index contributed by atoms with van der Waals surface area (Å²) in [5.74, 6) is -0.0938. The molecule has 0 amide bonds. The number of methoxy groups -OCH3 is 1. The van der Waals surface area contributed by atoms with Crippen molar-refractivity contribution in [1.29, 1.82) is 0 Å². The van der Waals surface area contributed by atoms with Gasteiger partial charge < -0.3 is 9.64 Å². The molecule has 0 bridgehead atoms. The predicted molar refractivity (Wildman–Crippen MR) is 73.3 cm³/mol. The van der Waals surface area contributed by atoms with E-state index in [0.29, 0.717) is 6.54 Å². The molecule has 0 aromatic heterocycles. The van der Waals surface area contributed by atoms with Crippen molar-refractivity contribution in [3.63, 3.8) is 0 Å². The molecule has 0 radical (unpaired) electrons. The maximum atomic E-state index is 13.6. The van der Waals surface area contributed by atoms with E-state index in [1.165, 1.54) is 5.56 Å². The molecule has 0 saturated carbocycles. The van der Waals surface area contributed by atoms with Crippen molar-refractivity contribution >= 4 is 0 Å². The number of hydrogen-bond acceptors (Lipinski definition) is 2. The van der Waals surface area contributed by atoms with Crippen molar-refractivity contribution in [2.24, 2.45) is 5.92 Å². The Balaban J connectivity index is 2.54. The first kappa shape index (κ1) is 15.1. The van der Waals surface area contributed by atoms with Gasteiger partial charge >= 0.3 is 0 Å². The second-order valence-electron chi connectivity index (χ2n) is 4.96. The smallest absolute Gasteiger partial charge is 0.104 e. The lowest BCUT2D eigenvalue weighted by Gasteiger charge is -2.29. The fraction of sp³-hybridized carbons (Fsp3) is 0.600. The van der Waals surface area contributed by atoms with Gasteiger partial charge in [-0.05, 0) is 26.5 Å². The van der Waals surface area contributed by atoms with Crippen LogP contribution >= 0.6 is 0 Å². The van der Waals surface area contributed by atoms with Crippen molar-refractivity contribution in [3.8, 4) is 0 Å². The van der Waals surface area contributed by atoms with Gasteiger partial charge in [-0.15, -0.1) is 0 Å². The highest BCUT2D eigenvalue weighted by Gasteiger charge is 2.24. The number of ether oxygens (including phenoxy) is 1. The van der Waals surface area contributed by atoms with E-state index in [4.69, 9.17) is 4.74 Å². The summed E-state index contributed by atoms with van der Waals surface area (Å²) in [6.45, 7) is 5.07. The van der Waals surface area contributed by atoms with Crippen LogP contribution in [-0.2, 0) is 11.3 Å². The molecular weight excluding hydrogens is 229 g/mol. The highest BCUT2D eigenvalue weighted by Crippen LogP contribution is 2.17. The lowest BCUT2D eigenvalue weighted by Crippen LogP contribution is -2.37. The van der Waals surface area contributed by atoms with Crippen LogP contribution in [0.15, 0.2) is 30.3 Å². The van der Waals surface area contributed by atoms with Gasteiger partial charge in [0.05, 0.1) is 6.10 Å². The molecule has 102 valence electrons. The standard InChI is InChI=1S/C15H24FNO/c1-12(16)15(13(2)18-4)11-17(3)10-14-8-6-5-7-9-14/h5-9,12-13,15H,10-11H2,1-4H3. The van der Waals surface area contributed by atoms with E-state index < -0.39 is 6.17 Å². The summed E-state index contributed by atoms with van der Waals surface area (Å²) in [5, 5.41) is 0. The van der Waals surface area contributed by atoms with E-state index in [0.717, 1.165) is 6.54 Å². The van der Waals surface area contributed by atoms with Gasteiger partial charge in [0.25, 0.3) is 0 Å². The van der Waals surface area contributed by atoms with Crippen LogP contribution in [-0.4, -0.2) is 37.9 Å². The van der Waals surface area contributed by atoms with Crippen LogP contribution in [0.1, 0.15) is 19.4 Å². The van der Waals surface area contributed by atoms with Crippen LogP contribution in [0.2, 0.25) is 0 Å². The van der Waals surface area contributed by atoms with Crippen LogP contribution in [0.5, 0.6) is 0 Å². The van der Waals surface area contributed by atoms with Gasteiger partial charge in [-0.1, -0.05) is 30.3 Å². The lowest BCUT2D eigenvalue weighted by atomic mass is 9.98. The molecule has 0 N–H and O–H groups in total. The number of alkyl halides is 1. The zero-order valence-electron chi connectivity index (χ0n) is 11.8. The van der Waals surface area contributed by atoms with Crippen molar-refractivity contribution in [3.05, 3.63) is 35.9 Å². The third kappa shape index (κ3) is 4.75. The van der Waals surface area contributed by atoms with Gasteiger partial charge in [0.15, 0.2) is 0 Å². The fourth-order valence-electron chi connectivity index (χ4n) is 2.16. The monoisotopic (exact) mass is 253 g/mol. The summed E-state index contributed by atoms with van der Waals surface area (Å²) in [4.78, 5) is 2.14. The third-order valence-corrected chi connectivity index (χ3v) is 3.38. The van der Waals surface area contributed by atoms with E-state index in [1.807, 2.05) is 32.2 Å². The minimum Gasteiger partial charge on any atom is -0.381 e. The van der Waals surface area contributed by atoms with Gasteiger partial charge in [-0.3, -0.25) is 0 Å². The maximum absolute atomic E-state index is 13.6. The quantitative estimate of drug-likeness (QED) is 0.740. The summed E-state index contributed by atoms with van der Waals surface area (Å²) in [7, 11) is 3.65. The number of benzene rings is 1. The van der Waals surface area contributed by atoms with Crippen molar-refractivity contribution in [2.45, 2.75) is 32.7 Å². The van der Waals surface area contributed by atoms with Crippen molar-refractivity contribution in [1.82, 2.24) is 4.90 Å². The highest BCUT2D eigenvalue weighted by molar-refractivity contribution is 5.14. The van der Waals surface area contributed by atoms with Crippen LogP contribution in [0.3, 0.4) is 0 Å². The van der Waals surface area contributed by atoms with Crippen molar-refractivity contribution < 1.29 is 9.13 Å². The average Bonchev–Trinajstić information content (AvgIpc) is 2.36. The molecular formula is C15H24FNO. The van der Waals surface area contributed by atoms with Gasteiger partial charge in [0.2, 0.25) is 0 Å². The Morgan fingerprint density at radius 1 is 1.22 bits per heavy atom. The second kappa shape index (κ2) is 7.49. The average molecular weight is 253 g/mol. The first-order valence-electron chi connectivity index (χ1n) is 6.44. The minimum absolute atomic E-state index is 0.0665. The Morgan fingerprint density at radius 2 is 1.83 bits per heavy atom. The molecule has 0 spiro atoms. The zero-order valence-corrected chi connectivity index (χ0v) is 11.8. The molecule has 2 nitrogen and oxygen atoms in total. The molecule has 3 atom stereocenters. The molecule has 1 rings (SSSR count). The fourth-order valence-corrected chi connectivity index (χ4v) is 2.16. The van der Waals surface area contributed by atoms with Gasteiger partial charge in [-0.25, -0.2) is 4.39 Å². The number of rotatable bonds is 7. The van der Waals surface area contributed by atoms with E-state index in [2.05, 4.69) is 17.0 Å². The number of halogens is 1. The molecule has 1 aromatic carbocycles. The summed E-state index contributed by atoms with van der Waals surface area (Å²) in [6, 6.07) is 10.2. The Morgan fingerprint density at radius 3 is 2.33 bits per heavy atom. The van der Waals surface area contributed by atoms with Gasteiger partial charge in [0, 0.05) is 26.1 Å². The first-order chi connectivity index (χ1) is 8.54. The van der Waals surface area contributed by atoms with Crippen LogP contribution in [0.4, 0.5) is 4.39 Å². The maximum Gasteiger partial charge on any atom is 0.104 e. The summed E-state index contributed by atoms with van der Waals surface area (Å²) >= 11 is 0. The molecule has 0 aliphatic carbocycles. The third-order valence-electron chi connectivity index (χ3n) is 3.38. The van der Waals surface area contributed by atoms with Crippen LogP contribution < -0.4 is 0 Å². The van der Waals surface area contributed by atoms with Gasteiger partial charge in [-0.2, -0.15) is 0 Å². The number of nitrogens with zero attached hydrogens (tertiary/aromatic N) is 1. The minimum atomic E-state index is -0.863. The SMILES string of the molecule is COC(C)C(CN(C)Cc1ccccc1)C(C)F. The summed E-state index contributed by atoms with van der Waals surface area (Å²) in [6.07, 6.45) is -0.929. The van der Waals surface area contributed by atoms with E-state index in [1.54, 1.807) is 14.0 Å². The topological polar surface area (TPSA) is 12.5 Å². The lowest BCUT2D eigenvalue weighted by molar-refractivity contribution is 0.0173. The molecule has 0 aliphatic rings. The van der Waals surface area contributed by atoms with Crippen LogP contribution in [0, 0.1) is 5.92 Å².